The van der Waals surface area contributed by atoms with Crippen molar-refractivity contribution >= 4 is 33.5 Å². The highest BCUT2D eigenvalue weighted by atomic mass is 32.1. The average molecular weight is 438 g/mol. The van der Waals surface area contributed by atoms with Gasteiger partial charge in [-0.05, 0) is 37.6 Å². The highest BCUT2D eigenvalue weighted by Crippen LogP contribution is 2.30. The molecule has 0 atom stereocenters. The van der Waals surface area contributed by atoms with Crippen LogP contribution in [0, 0.1) is 13.8 Å². The van der Waals surface area contributed by atoms with Crippen molar-refractivity contribution in [3.8, 4) is 11.4 Å². The molecule has 0 aliphatic rings. The van der Waals surface area contributed by atoms with Crippen molar-refractivity contribution in [1.29, 1.82) is 0 Å². The van der Waals surface area contributed by atoms with E-state index in [1.54, 1.807) is 13.0 Å². The van der Waals surface area contributed by atoms with Crippen LogP contribution in [0.1, 0.15) is 37.1 Å². The number of ether oxygens (including phenoxy) is 1. The van der Waals surface area contributed by atoms with Gasteiger partial charge in [-0.1, -0.05) is 23.8 Å². The third-order valence-corrected chi connectivity index (χ3v) is 6.06. The molecule has 4 aromatic rings. The van der Waals surface area contributed by atoms with Gasteiger partial charge < -0.3 is 14.3 Å². The molecule has 0 bridgehead atoms. The molecule has 31 heavy (non-hydrogen) atoms. The Hall–Kier alpha value is -3.72. The van der Waals surface area contributed by atoms with Crippen LogP contribution in [0.4, 0.5) is 0 Å². The molecule has 0 aliphatic carbocycles. The molecule has 0 saturated heterocycles. The van der Waals surface area contributed by atoms with Gasteiger partial charge in [0.2, 0.25) is 5.76 Å². The molecule has 8 nitrogen and oxygen atoms in total. The highest BCUT2D eigenvalue weighted by molar-refractivity contribution is 7.20. The second-order valence-corrected chi connectivity index (χ2v) is 7.99. The number of aromatic carboxylic acids is 1. The van der Waals surface area contributed by atoms with E-state index in [0.29, 0.717) is 27.5 Å². The van der Waals surface area contributed by atoms with E-state index in [1.807, 2.05) is 31.2 Å². The summed E-state index contributed by atoms with van der Waals surface area (Å²) in [5, 5.41) is 9.74. The van der Waals surface area contributed by atoms with Gasteiger partial charge in [0.05, 0.1) is 19.0 Å². The number of esters is 1. The zero-order valence-corrected chi connectivity index (χ0v) is 17.8. The fourth-order valence-corrected chi connectivity index (χ4v) is 4.41. The van der Waals surface area contributed by atoms with Gasteiger partial charge in [0.1, 0.15) is 21.3 Å². The Balaban J connectivity index is 1.95. The lowest BCUT2D eigenvalue weighted by atomic mass is 10.1. The number of rotatable bonds is 5. The summed E-state index contributed by atoms with van der Waals surface area (Å²) in [6.45, 7) is 3.54. The lowest BCUT2D eigenvalue weighted by molar-refractivity contribution is 0.0562. The third kappa shape index (κ3) is 3.64. The maximum atomic E-state index is 13.5. The molecule has 4 rings (SSSR count). The molecule has 3 aromatic heterocycles. The molecule has 3 heterocycles. The van der Waals surface area contributed by atoms with E-state index in [-0.39, 0.29) is 28.1 Å². The normalized spacial score (nSPS) is 11.1. The van der Waals surface area contributed by atoms with Crippen LogP contribution < -0.4 is 5.56 Å². The molecule has 1 aromatic carbocycles. The molecule has 0 fully saturated rings. The van der Waals surface area contributed by atoms with E-state index in [1.165, 1.54) is 17.7 Å². The van der Waals surface area contributed by atoms with Crippen LogP contribution in [-0.4, -0.2) is 33.7 Å². The molecule has 0 saturated carbocycles. The third-order valence-electron chi connectivity index (χ3n) is 4.88. The van der Waals surface area contributed by atoms with Crippen molar-refractivity contribution in [2.24, 2.45) is 0 Å². The number of aryl methyl sites for hydroxylation is 2. The number of carboxylic acid groups (broad SMARTS) is 1. The zero-order chi connectivity index (χ0) is 22.3. The zero-order valence-electron chi connectivity index (χ0n) is 17.0. The first-order chi connectivity index (χ1) is 14.8. The smallest absolute Gasteiger partial charge is 0.373 e. The Bertz CT molecular complexity index is 1400. The monoisotopic (exact) mass is 438 g/mol. The van der Waals surface area contributed by atoms with Gasteiger partial charge in [0.15, 0.2) is 0 Å². The van der Waals surface area contributed by atoms with Gasteiger partial charge in [0, 0.05) is 5.56 Å². The van der Waals surface area contributed by atoms with Gasteiger partial charge in [-0.25, -0.2) is 14.6 Å². The fraction of sp³-hybridized carbons (Fsp3) is 0.182. The van der Waals surface area contributed by atoms with Gasteiger partial charge in [0.25, 0.3) is 5.56 Å². The average Bonchev–Trinajstić information content (AvgIpc) is 3.34. The second kappa shape index (κ2) is 7.84. The molecule has 9 heteroatoms. The van der Waals surface area contributed by atoms with Gasteiger partial charge in [-0.15, -0.1) is 11.3 Å². The maximum absolute atomic E-state index is 13.5. The lowest BCUT2D eigenvalue weighted by Crippen LogP contribution is -2.24. The molecule has 0 amide bonds. The Kier molecular flexibility index (Phi) is 5.20. The Labute approximate surface area is 180 Å². The number of carbonyl (C=O) groups excluding carboxylic acids is 1. The number of furan rings is 1. The molecule has 1 N–H and O–H groups in total. The minimum Gasteiger partial charge on any atom is -0.477 e. The number of thiophene rings is 1. The maximum Gasteiger partial charge on any atom is 0.373 e. The SMILES string of the molecule is COC(=O)c1ccc(Cn2c(-c3cccc(C)c3)nc3sc(C(=O)O)c(C)c3c2=O)o1. The van der Waals surface area contributed by atoms with E-state index < -0.39 is 11.9 Å². The number of carboxylic acids is 1. The van der Waals surface area contributed by atoms with E-state index in [0.717, 1.165) is 16.9 Å². The first-order valence-corrected chi connectivity index (χ1v) is 10.1. The van der Waals surface area contributed by atoms with Crippen molar-refractivity contribution in [3.05, 3.63) is 74.3 Å². The number of benzene rings is 1. The molecule has 158 valence electrons. The molecule has 0 unspecified atom stereocenters. The van der Waals surface area contributed by atoms with Crippen molar-refractivity contribution in [1.82, 2.24) is 9.55 Å². The summed E-state index contributed by atoms with van der Waals surface area (Å²) in [4.78, 5) is 41.9. The summed E-state index contributed by atoms with van der Waals surface area (Å²) in [6, 6.07) is 10.6. The van der Waals surface area contributed by atoms with Crippen LogP contribution in [0.25, 0.3) is 21.6 Å². The molecule has 0 aliphatic heterocycles. The van der Waals surface area contributed by atoms with Crippen LogP contribution in [-0.2, 0) is 11.3 Å². The Morgan fingerprint density at radius 2 is 2.00 bits per heavy atom. The Morgan fingerprint density at radius 1 is 1.23 bits per heavy atom. The Morgan fingerprint density at radius 3 is 2.68 bits per heavy atom. The quantitative estimate of drug-likeness (QED) is 0.471. The predicted octanol–water partition coefficient (Wildman–Crippen LogP) is 3.87. The van der Waals surface area contributed by atoms with Crippen LogP contribution >= 0.6 is 11.3 Å². The van der Waals surface area contributed by atoms with Crippen LogP contribution in [0.15, 0.2) is 45.6 Å². The van der Waals surface area contributed by atoms with Gasteiger partial charge >= 0.3 is 11.9 Å². The van der Waals surface area contributed by atoms with E-state index in [9.17, 15) is 19.5 Å². The summed E-state index contributed by atoms with van der Waals surface area (Å²) in [6.07, 6.45) is 0. The van der Waals surface area contributed by atoms with Crippen molar-refractivity contribution in [3.63, 3.8) is 0 Å². The topological polar surface area (TPSA) is 112 Å². The number of carbonyl (C=O) groups is 2. The van der Waals surface area contributed by atoms with Crippen LogP contribution in [0.3, 0.4) is 0 Å². The molecular weight excluding hydrogens is 420 g/mol. The van der Waals surface area contributed by atoms with Crippen molar-refractivity contribution in [2.75, 3.05) is 7.11 Å². The summed E-state index contributed by atoms with van der Waals surface area (Å²) >= 11 is 0.977. The fourth-order valence-electron chi connectivity index (χ4n) is 3.40. The molecule has 0 radical (unpaired) electrons. The van der Waals surface area contributed by atoms with E-state index in [4.69, 9.17) is 4.42 Å². The van der Waals surface area contributed by atoms with Crippen LogP contribution in [0.2, 0.25) is 0 Å². The first kappa shape index (κ1) is 20.5. The van der Waals surface area contributed by atoms with Crippen LogP contribution in [0.5, 0.6) is 0 Å². The number of nitrogens with zero attached hydrogens (tertiary/aromatic N) is 2. The van der Waals surface area contributed by atoms with Crippen molar-refractivity contribution in [2.45, 2.75) is 20.4 Å². The first-order valence-electron chi connectivity index (χ1n) is 9.31. The predicted molar refractivity (Wildman–Crippen MR) is 115 cm³/mol. The molecule has 0 spiro atoms. The number of hydrogen-bond donors (Lipinski definition) is 1. The second-order valence-electron chi connectivity index (χ2n) is 7.00. The van der Waals surface area contributed by atoms with E-state index >= 15 is 0 Å². The summed E-state index contributed by atoms with van der Waals surface area (Å²) in [5.74, 6) is -0.945. The number of methoxy groups -OCH3 is 1. The summed E-state index contributed by atoms with van der Waals surface area (Å²) < 4.78 is 11.6. The summed E-state index contributed by atoms with van der Waals surface area (Å²) in [5.41, 5.74) is 1.70. The standard InChI is InChI=1S/C22H18N2O6S/c1-11-5-4-6-13(9-11)18-23-19-16(12(2)17(31-19)21(26)27)20(25)24(18)10-14-7-8-15(30-14)22(28)29-3/h4-9H,10H2,1-3H3,(H,26,27). The summed E-state index contributed by atoms with van der Waals surface area (Å²) in [7, 11) is 1.25. The highest BCUT2D eigenvalue weighted by Gasteiger charge is 2.23. The lowest BCUT2D eigenvalue weighted by Gasteiger charge is -2.12. The number of aromatic nitrogens is 2. The number of fused-ring (bicyclic) bond motifs is 1. The van der Waals surface area contributed by atoms with E-state index in [2.05, 4.69) is 9.72 Å². The van der Waals surface area contributed by atoms with Gasteiger partial charge in [-0.2, -0.15) is 0 Å². The number of hydrogen-bond acceptors (Lipinski definition) is 7. The minimum atomic E-state index is -1.10. The largest absolute Gasteiger partial charge is 0.477 e. The molecular formula is C22H18N2O6S. The van der Waals surface area contributed by atoms with Crippen molar-refractivity contribution < 1.29 is 23.8 Å². The van der Waals surface area contributed by atoms with Gasteiger partial charge in [-0.3, -0.25) is 9.36 Å². The minimum absolute atomic E-state index is 0.0136.